The van der Waals surface area contributed by atoms with Crippen LogP contribution in [0.4, 0.5) is 24.5 Å². The molecule has 220 valence electrons. The predicted octanol–water partition coefficient (Wildman–Crippen LogP) is 6.50. The molecule has 2 aromatic carbocycles. The Bertz CT molecular complexity index is 1660. The average Bonchev–Trinajstić information content (AvgIpc) is 3.31. The molecule has 3 aromatic rings. The number of halogens is 5. The Labute approximate surface area is 247 Å². The van der Waals surface area contributed by atoms with Crippen LogP contribution in [-0.4, -0.2) is 36.4 Å². The fraction of sp³-hybridized carbons (Fsp3) is 0.321. The molecule has 0 unspecified atom stereocenters. The van der Waals surface area contributed by atoms with Gasteiger partial charge in [0.15, 0.2) is 11.0 Å². The highest BCUT2D eigenvalue weighted by Crippen LogP contribution is 2.47. The second-order valence-corrected chi connectivity index (χ2v) is 11.8. The van der Waals surface area contributed by atoms with Crippen molar-refractivity contribution in [2.45, 2.75) is 33.0 Å². The highest BCUT2D eigenvalue weighted by Gasteiger charge is 2.38. The summed E-state index contributed by atoms with van der Waals surface area (Å²) in [7, 11) is -2.54. The monoisotopic (exact) mass is 628 g/mol. The summed E-state index contributed by atoms with van der Waals surface area (Å²) >= 11 is 12.2. The van der Waals surface area contributed by atoms with E-state index in [1.54, 1.807) is 28.0 Å². The molecule has 7 nitrogen and oxygen atoms in total. The lowest BCUT2D eigenvalue weighted by atomic mass is 10.1. The number of hydrogen-bond donors (Lipinski definition) is 0. The van der Waals surface area contributed by atoms with Crippen LogP contribution < -0.4 is 14.4 Å². The van der Waals surface area contributed by atoms with E-state index in [4.69, 9.17) is 23.2 Å². The van der Waals surface area contributed by atoms with Crippen LogP contribution in [0, 0.1) is 0 Å². The standard InChI is InChI=1S/C28H29Cl2F3N4O3S/c1-4-35-22-13-12-19(29)16-23(22)34(3)26(35)10-7-6-8-11-27-36(5-2)25-18-21(30)20(28(31,32)33)17-24(25)37(27)14-9-15-41(38,39)40/h6-8,10-13,16-18H,4-5,9,14-15H2,1-3H3. The van der Waals surface area contributed by atoms with Crippen molar-refractivity contribution in [3.63, 3.8) is 0 Å². The molecule has 0 bridgehead atoms. The lowest BCUT2D eigenvalue weighted by Gasteiger charge is -2.24. The highest BCUT2D eigenvalue weighted by atomic mass is 35.5. The zero-order valence-corrected chi connectivity index (χ0v) is 24.9. The molecule has 0 atom stereocenters. The van der Waals surface area contributed by atoms with Crippen molar-refractivity contribution >= 4 is 61.8 Å². The van der Waals surface area contributed by atoms with Crippen molar-refractivity contribution in [3.8, 4) is 0 Å². The lowest BCUT2D eigenvalue weighted by molar-refractivity contribution is -0.670. The van der Waals surface area contributed by atoms with Gasteiger partial charge in [-0.05, 0) is 50.6 Å². The van der Waals surface area contributed by atoms with E-state index in [0.717, 1.165) is 29.5 Å². The van der Waals surface area contributed by atoms with Crippen LogP contribution in [0.5, 0.6) is 0 Å². The van der Waals surface area contributed by atoms with Gasteiger partial charge in [-0.25, -0.2) is 17.6 Å². The molecule has 1 aromatic heterocycles. The first-order chi connectivity index (χ1) is 19.3. The minimum absolute atomic E-state index is 0.0222. The topological polar surface area (TPSA) is 72.5 Å². The summed E-state index contributed by atoms with van der Waals surface area (Å²) < 4.78 is 78.7. The molecule has 0 saturated heterocycles. The van der Waals surface area contributed by atoms with Gasteiger partial charge in [-0.2, -0.15) is 13.2 Å². The summed E-state index contributed by atoms with van der Waals surface area (Å²) in [4.78, 5) is 3.38. The molecule has 41 heavy (non-hydrogen) atoms. The van der Waals surface area contributed by atoms with Crippen molar-refractivity contribution in [2.24, 2.45) is 7.05 Å². The number of nitrogens with zero attached hydrogens (tertiary/aromatic N) is 4. The van der Waals surface area contributed by atoms with Crippen molar-refractivity contribution in [1.82, 2.24) is 4.57 Å². The zero-order valence-electron chi connectivity index (χ0n) is 22.6. The Hall–Kier alpha value is -2.99. The number of rotatable bonds is 9. The zero-order chi connectivity index (χ0) is 30.1. The minimum atomic E-state index is -4.67. The molecule has 0 radical (unpaired) electrons. The van der Waals surface area contributed by atoms with Gasteiger partial charge in [-0.3, -0.25) is 0 Å². The van der Waals surface area contributed by atoms with E-state index in [-0.39, 0.29) is 18.7 Å². The number of aromatic nitrogens is 2. The third kappa shape index (κ3) is 6.58. The Balaban J connectivity index is 1.69. The second kappa shape index (κ2) is 12.1. The molecule has 4 rings (SSSR count). The quantitative estimate of drug-likeness (QED) is 0.154. The largest absolute Gasteiger partial charge is 0.748 e. The number of imidazole rings is 1. The maximum absolute atomic E-state index is 13.6. The average molecular weight is 630 g/mol. The van der Waals surface area contributed by atoms with Crippen LogP contribution in [0.3, 0.4) is 0 Å². The predicted molar refractivity (Wildman–Crippen MR) is 156 cm³/mol. The van der Waals surface area contributed by atoms with Gasteiger partial charge in [0, 0.05) is 36.0 Å². The van der Waals surface area contributed by atoms with Crippen LogP contribution in [0.15, 0.2) is 60.5 Å². The lowest BCUT2D eigenvalue weighted by Crippen LogP contribution is -2.34. The number of fused-ring (bicyclic) bond motifs is 2. The van der Waals surface area contributed by atoms with Gasteiger partial charge >= 0.3 is 6.18 Å². The third-order valence-electron chi connectivity index (χ3n) is 6.84. The van der Waals surface area contributed by atoms with Crippen LogP contribution in [0.2, 0.25) is 10.0 Å². The molecule has 0 spiro atoms. The van der Waals surface area contributed by atoms with Crippen LogP contribution in [0.25, 0.3) is 17.1 Å². The molecule has 13 heteroatoms. The summed E-state index contributed by atoms with van der Waals surface area (Å²) in [5, 5.41) is 0.208. The van der Waals surface area contributed by atoms with E-state index in [0.29, 0.717) is 23.1 Å². The van der Waals surface area contributed by atoms with Crippen LogP contribution in [-0.2, 0) is 29.9 Å². The van der Waals surface area contributed by atoms with Gasteiger partial charge in [0.1, 0.15) is 5.82 Å². The molecule has 2 heterocycles. The summed E-state index contributed by atoms with van der Waals surface area (Å²) in [6.45, 7) is 5.07. The molecule has 0 aliphatic carbocycles. The number of benzene rings is 2. The number of anilines is 2. The van der Waals surface area contributed by atoms with Gasteiger partial charge in [-0.1, -0.05) is 41.4 Å². The number of aryl methyl sites for hydroxylation is 2. The second-order valence-electron chi connectivity index (χ2n) is 9.39. The third-order valence-corrected chi connectivity index (χ3v) is 8.17. The van der Waals surface area contributed by atoms with Gasteiger partial charge in [0.25, 0.3) is 5.82 Å². The van der Waals surface area contributed by atoms with Crippen molar-refractivity contribution in [2.75, 3.05) is 28.6 Å². The Morgan fingerprint density at radius 1 is 1.02 bits per heavy atom. The van der Waals surface area contributed by atoms with E-state index in [9.17, 15) is 26.1 Å². The minimum Gasteiger partial charge on any atom is -0.748 e. The van der Waals surface area contributed by atoms with Gasteiger partial charge in [0.2, 0.25) is 0 Å². The highest BCUT2D eigenvalue weighted by molar-refractivity contribution is 7.85. The first-order valence-electron chi connectivity index (χ1n) is 12.9. The fourth-order valence-corrected chi connectivity index (χ4v) is 5.96. The molecule has 0 amide bonds. The number of hydrogen-bond acceptors (Lipinski definition) is 5. The van der Waals surface area contributed by atoms with Crippen molar-refractivity contribution in [1.29, 1.82) is 0 Å². The van der Waals surface area contributed by atoms with Crippen molar-refractivity contribution < 1.29 is 30.7 Å². The molecule has 1 aliphatic heterocycles. The summed E-state index contributed by atoms with van der Waals surface area (Å²) in [5.41, 5.74) is 1.74. The Morgan fingerprint density at radius 3 is 2.37 bits per heavy atom. The summed E-state index contributed by atoms with van der Waals surface area (Å²) in [6.07, 6.45) is 4.34. The maximum atomic E-state index is 13.6. The van der Waals surface area contributed by atoms with E-state index in [2.05, 4.69) is 4.57 Å². The van der Waals surface area contributed by atoms with Gasteiger partial charge in [0.05, 0.1) is 45.7 Å². The first kappa shape index (κ1) is 31.0. The van der Waals surface area contributed by atoms with E-state index < -0.39 is 32.6 Å². The Morgan fingerprint density at radius 2 is 1.73 bits per heavy atom. The number of alkyl halides is 3. The molecule has 0 fully saturated rings. The van der Waals surface area contributed by atoms with E-state index in [1.807, 2.05) is 55.8 Å². The Kier molecular flexibility index (Phi) is 9.13. The fourth-order valence-electron chi connectivity index (χ4n) is 5.04. The van der Waals surface area contributed by atoms with Gasteiger partial charge < -0.3 is 14.4 Å². The molecule has 0 saturated carbocycles. The number of allylic oxidation sites excluding steroid dienone is 4. The summed E-state index contributed by atoms with van der Waals surface area (Å²) in [5.74, 6) is 0.846. The molecule has 0 N–H and O–H groups in total. The van der Waals surface area contributed by atoms with Crippen molar-refractivity contribution in [3.05, 3.63) is 81.9 Å². The molecular formula is C28H29Cl2F3N4O3S. The van der Waals surface area contributed by atoms with Crippen LogP contribution >= 0.6 is 23.2 Å². The maximum Gasteiger partial charge on any atom is 0.417 e. The smallest absolute Gasteiger partial charge is 0.417 e. The molecule has 1 aliphatic rings. The molecular weight excluding hydrogens is 600 g/mol. The van der Waals surface area contributed by atoms with Crippen LogP contribution in [0.1, 0.15) is 31.7 Å². The first-order valence-corrected chi connectivity index (χ1v) is 15.2. The van der Waals surface area contributed by atoms with E-state index >= 15 is 0 Å². The van der Waals surface area contributed by atoms with E-state index in [1.165, 1.54) is 6.07 Å². The summed E-state index contributed by atoms with van der Waals surface area (Å²) in [6, 6.07) is 7.95. The van der Waals surface area contributed by atoms with Gasteiger partial charge in [-0.15, -0.1) is 0 Å². The normalized spacial score (nSPS) is 15.4. The SMILES string of the molecule is CCN1\C(=C/C=C/C=C/c2n(C)c3cc(Cl)ccc3[n+]2CC)N(CCCS(=O)(=O)[O-])c2cc(C(F)(F)F)c(Cl)cc21.